The molecule has 2 aromatic rings. The number of nitrogens with one attached hydrogen (secondary N) is 1. The molecule has 0 radical (unpaired) electrons. The number of carbonyl (C=O) groups is 3. The third-order valence-corrected chi connectivity index (χ3v) is 5.44. The highest BCUT2D eigenvalue weighted by Crippen LogP contribution is 2.17. The Bertz CT molecular complexity index is 828. The predicted octanol–water partition coefficient (Wildman–Crippen LogP) is 1.46. The Hall–Kier alpha value is -2.83. The van der Waals surface area contributed by atoms with Crippen molar-refractivity contribution in [2.24, 2.45) is 0 Å². The molecule has 1 aromatic heterocycles. The number of piperazine rings is 1. The van der Waals surface area contributed by atoms with E-state index in [9.17, 15) is 14.4 Å². The van der Waals surface area contributed by atoms with E-state index in [0.717, 1.165) is 30.2 Å². The molecule has 3 heterocycles. The third kappa shape index (κ3) is 3.54. The third-order valence-electron chi connectivity index (χ3n) is 5.44. The Balaban J connectivity index is 1.36. The van der Waals surface area contributed by atoms with Crippen LogP contribution in [0.1, 0.15) is 29.8 Å². The van der Waals surface area contributed by atoms with E-state index < -0.39 is 11.8 Å². The van der Waals surface area contributed by atoms with Crippen LogP contribution in [0.3, 0.4) is 0 Å². The Morgan fingerprint density at radius 1 is 0.741 bits per heavy atom. The first-order valence-electron chi connectivity index (χ1n) is 9.59. The van der Waals surface area contributed by atoms with Crippen molar-refractivity contribution in [1.82, 2.24) is 19.7 Å². The maximum Gasteiger partial charge on any atom is 0.312 e. The molecule has 1 aromatic carbocycles. The summed E-state index contributed by atoms with van der Waals surface area (Å²) < 4.78 is 0. The van der Waals surface area contributed by atoms with Gasteiger partial charge in [-0.05, 0) is 31.4 Å². The second-order valence-corrected chi connectivity index (χ2v) is 7.21. The van der Waals surface area contributed by atoms with Crippen LogP contribution in [0.15, 0.2) is 30.3 Å². The Labute approximate surface area is 157 Å². The number of fused-ring (bicyclic) bond motifs is 1. The highest BCUT2D eigenvalue weighted by Gasteiger charge is 2.31. The van der Waals surface area contributed by atoms with Crippen LogP contribution in [0.25, 0.3) is 10.9 Å². The number of nitrogens with zero attached hydrogens (tertiary/aromatic N) is 3. The molecule has 2 fully saturated rings. The lowest BCUT2D eigenvalue weighted by molar-refractivity contribution is -0.153. The van der Waals surface area contributed by atoms with Crippen LogP contribution < -0.4 is 0 Å². The van der Waals surface area contributed by atoms with Crippen molar-refractivity contribution in [3.8, 4) is 0 Å². The smallest absolute Gasteiger partial charge is 0.312 e. The molecule has 1 N–H and O–H groups in total. The van der Waals surface area contributed by atoms with E-state index in [0.29, 0.717) is 45.0 Å². The number of hydrogen-bond donors (Lipinski definition) is 1. The molecular formula is C20H24N4O3. The largest absolute Gasteiger partial charge is 0.351 e. The first-order valence-corrected chi connectivity index (χ1v) is 9.59. The molecule has 0 saturated carbocycles. The van der Waals surface area contributed by atoms with Gasteiger partial charge in [-0.1, -0.05) is 18.2 Å². The number of aromatic amines is 1. The monoisotopic (exact) mass is 368 g/mol. The molecule has 4 rings (SSSR count). The SMILES string of the molecule is O=C(C(=O)N1CCN(C(=O)c2cc3ccccc3[nH]2)CC1)N1CCCCC1. The first kappa shape index (κ1) is 17.6. The van der Waals surface area contributed by atoms with Crippen molar-refractivity contribution >= 4 is 28.6 Å². The first-order chi connectivity index (χ1) is 13.1. The van der Waals surface area contributed by atoms with Crippen LogP contribution in [0.4, 0.5) is 0 Å². The minimum atomic E-state index is -0.436. The van der Waals surface area contributed by atoms with Crippen molar-refractivity contribution in [3.63, 3.8) is 0 Å². The molecule has 0 unspecified atom stereocenters. The molecule has 3 amide bonds. The summed E-state index contributed by atoms with van der Waals surface area (Å²) in [5.74, 6) is -0.902. The average Bonchev–Trinajstić information content (AvgIpc) is 3.17. The van der Waals surface area contributed by atoms with E-state index in [1.165, 1.54) is 0 Å². The Morgan fingerprint density at radius 3 is 2.00 bits per heavy atom. The topological polar surface area (TPSA) is 76.7 Å². The molecule has 0 aliphatic carbocycles. The molecule has 0 atom stereocenters. The van der Waals surface area contributed by atoms with E-state index in [2.05, 4.69) is 4.98 Å². The molecule has 7 nitrogen and oxygen atoms in total. The minimum absolute atomic E-state index is 0.0688. The summed E-state index contributed by atoms with van der Waals surface area (Å²) in [7, 11) is 0. The predicted molar refractivity (Wildman–Crippen MR) is 101 cm³/mol. The zero-order valence-corrected chi connectivity index (χ0v) is 15.3. The van der Waals surface area contributed by atoms with E-state index in [1.807, 2.05) is 30.3 Å². The number of hydrogen-bond acceptors (Lipinski definition) is 3. The normalized spacial score (nSPS) is 18.0. The number of H-pyrrole nitrogens is 1. The molecule has 2 aliphatic rings. The summed E-state index contributed by atoms with van der Waals surface area (Å²) in [6.45, 7) is 3.00. The molecule has 0 bridgehead atoms. The highest BCUT2D eigenvalue weighted by molar-refractivity contribution is 6.34. The quantitative estimate of drug-likeness (QED) is 0.775. The summed E-state index contributed by atoms with van der Waals surface area (Å²) >= 11 is 0. The standard InChI is InChI=1S/C20H24N4O3/c25-18(17-14-15-6-2-3-7-16(15)21-17)23-10-12-24(13-11-23)20(27)19(26)22-8-4-1-5-9-22/h2-3,6-7,14,21H,1,4-5,8-13H2. The summed E-state index contributed by atoms with van der Waals surface area (Å²) in [6, 6.07) is 9.63. The molecule has 142 valence electrons. The molecular weight excluding hydrogens is 344 g/mol. The summed E-state index contributed by atoms with van der Waals surface area (Å²) in [4.78, 5) is 45.7. The van der Waals surface area contributed by atoms with Crippen molar-refractivity contribution in [3.05, 3.63) is 36.0 Å². The van der Waals surface area contributed by atoms with Gasteiger partial charge in [0.05, 0.1) is 0 Å². The highest BCUT2D eigenvalue weighted by atomic mass is 16.2. The zero-order chi connectivity index (χ0) is 18.8. The fraction of sp³-hybridized carbons (Fsp3) is 0.450. The van der Waals surface area contributed by atoms with Crippen LogP contribution in [-0.4, -0.2) is 76.7 Å². The fourth-order valence-corrected chi connectivity index (χ4v) is 3.84. The van der Waals surface area contributed by atoms with Gasteiger partial charge in [-0.25, -0.2) is 0 Å². The van der Waals surface area contributed by atoms with Crippen molar-refractivity contribution in [2.75, 3.05) is 39.3 Å². The molecule has 7 heteroatoms. The number of benzene rings is 1. The summed E-state index contributed by atoms with van der Waals surface area (Å²) in [5, 5.41) is 1.00. The minimum Gasteiger partial charge on any atom is -0.351 e. The van der Waals surface area contributed by atoms with Crippen LogP contribution in [0, 0.1) is 0 Å². The lowest BCUT2D eigenvalue weighted by Crippen LogP contribution is -2.54. The van der Waals surface area contributed by atoms with Crippen molar-refractivity contribution < 1.29 is 14.4 Å². The van der Waals surface area contributed by atoms with E-state index in [1.54, 1.807) is 14.7 Å². The van der Waals surface area contributed by atoms with Gasteiger partial charge in [-0.15, -0.1) is 0 Å². The van der Waals surface area contributed by atoms with Gasteiger partial charge < -0.3 is 19.7 Å². The number of carbonyl (C=O) groups excluding carboxylic acids is 3. The second kappa shape index (κ2) is 7.42. The lowest BCUT2D eigenvalue weighted by atomic mass is 10.1. The number of amides is 3. The maximum atomic E-state index is 12.7. The van der Waals surface area contributed by atoms with Gasteiger partial charge in [0.2, 0.25) is 0 Å². The van der Waals surface area contributed by atoms with Crippen LogP contribution >= 0.6 is 0 Å². The van der Waals surface area contributed by atoms with Gasteiger partial charge in [0.25, 0.3) is 5.91 Å². The lowest BCUT2D eigenvalue weighted by Gasteiger charge is -2.35. The van der Waals surface area contributed by atoms with Crippen LogP contribution in [-0.2, 0) is 9.59 Å². The summed E-state index contributed by atoms with van der Waals surface area (Å²) in [6.07, 6.45) is 3.05. The van der Waals surface area contributed by atoms with Gasteiger partial charge in [-0.2, -0.15) is 0 Å². The maximum absolute atomic E-state index is 12.7. The van der Waals surface area contributed by atoms with Gasteiger partial charge in [-0.3, -0.25) is 14.4 Å². The molecule has 2 aliphatic heterocycles. The number of aromatic nitrogens is 1. The van der Waals surface area contributed by atoms with Crippen LogP contribution in [0.2, 0.25) is 0 Å². The number of piperidine rings is 1. The Morgan fingerprint density at radius 2 is 1.33 bits per heavy atom. The van der Waals surface area contributed by atoms with Crippen LogP contribution in [0.5, 0.6) is 0 Å². The van der Waals surface area contributed by atoms with Gasteiger partial charge in [0, 0.05) is 50.2 Å². The van der Waals surface area contributed by atoms with Gasteiger partial charge in [0.15, 0.2) is 0 Å². The van der Waals surface area contributed by atoms with E-state index in [4.69, 9.17) is 0 Å². The fourth-order valence-electron chi connectivity index (χ4n) is 3.84. The molecule has 2 saturated heterocycles. The second-order valence-electron chi connectivity index (χ2n) is 7.21. The zero-order valence-electron chi connectivity index (χ0n) is 15.3. The summed E-state index contributed by atoms with van der Waals surface area (Å²) in [5.41, 5.74) is 1.49. The van der Waals surface area contributed by atoms with E-state index in [-0.39, 0.29) is 5.91 Å². The average molecular weight is 368 g/mol. The van der Waals surface area contributed by atoms with Gasteiger partial charge in [0.1, 0.15) is 5.69 Å². The van der Waals surface area contributed by atoms with Crippen molar-refractivity contribution in [1.29, 1.82) is 0 Å². The number of likely N-dealkylation sites (tertiary alicyclic amines) is 1. The van der Waals surface area contributed by atoms with Gasteiger partial charge >= 0.3 is 11.8 Å². The van der Waals surface area contributed by atoms with Crippen molar-refractivity contribution in [2.45, 2.75) is 19.3 Å². The number of rotatable bonds is 1. The molecule has 27 heavy (non-hydrogen) atoms. The Kier molecular flexibility index (Phi) is 4.83. The van der Waals surface area contributed by atoms with E-state index >= 15 is 0 Å². The number of para-hydroxylation sites is 1. The molecule has 0 spiro atoms.